The van der Waals surface area contributed by atoms with E-state index in [4.69, 9.17) is 25.8 Å². The van der Waals surface area contributed by atoms with Gasteiger partial charge in [-0.3, -0.25) is 4.79 Å². The Hall–Kier alpha value is -4.38. The summed E-state index contributed by atoms with van der Waals surface area (Å²) in [7, 11) is 1.37. The van der Waals surface area contributed by atoms with Crippen LogP contribution in [0.4, 0.5) is 13.2 Å². The average Bonchev–Trinajstić information content (AvgIpc) is 2.93. The monoisotopic (exact) mass is 573 g/mol. The molecule has 1 heterocycles. The van der Waals surface area contributed by atoms with Crippen LogP contribution in [0.5, 0.6) is 11.5 Å². The van der Waals surface area contributed by atoms with E-state index >= 15 is 0 Å². The second kappa shape index (κ2) is 11.8. The van der Waals surface area contributed by atoms with Crippen LogP contribution in [0.2, 0.25) is 5.02 Å². The first-order chi connectivity index (χ1) is 19.0. The molecule has 0 spiro atoms. The number of carbonyl (C=O) groups is 1. The van der Waals surface area contributed by atoms with Gasteiger partial charge >= 0.3 is 12.1 Å². The number of nitrogens with zero attached hydrogens (tertiary/aromatic N) is 3. The van der Waals surface area contributed by atoms with Crippen molar-refractivity contribution >= 4 is 34.7 Å². The van der Waals surface area contributed by atoms with Crippen LogP contribution < -0.4 is 15.0 Å². The van der Waals surface area contributed by atoms with Crippen molar-refractivity contribution in [1.29, 1.82) is 0 Å². The van der Waals surface area contributed by atoms with Gasteiger partial charge in [-0.05, 0) is 44.2 Å². The molecular weight excluding hydrogens is 551 g/mol. The summed E-state index contributed by atoms with van der Waals surface area (Å²) >= 11 is 6.25. The molecule has 0 fully saturated rings. The smallest absolute Gasteiger partial charge is 0.416 e. The maximum Gasteiger partial charge on any atom is 0.416 e. The Labute approximate surface area is 231 Å². The minimum atomic E-state index is -4.61. The van der Waals surface area contributed by atoms with Gasteiger partial charge in [-0.1, -0.05) is 35.9 Å². The summed E-state index contributed by atoms with van der Waals surface area (Å²) < 4.78 is 57.5. The van der Waals surface area contributed by atoms with Gasteiger partial charge in [0, 0.05) is 22.2 Å². The lowest BCUT2D eigenvalue weighted by atomic mass is 10.1. The Kier molecular flexibility index (Phi) is 8.43. The molecule has 1 atom stereocenters. The highest BCUT2D eigenvalue weighted by Crippen LogP contribution is 2.35. The van der Waals surface area contributed by atoms with Crippen molar-refractivity contribution in [2.24, 2.45) is 5.10 Å². The van der Waals surface area contributed by atoms with E-state index in [0.717, 1.165) is 16.8 Å². The zero-order chi connectivity index (χ0) is 29.0. The molecule has 8 nitrogen and oxygen atoms in total. The highest BCUT2D eigenvalue weighted by molar-refractivity contribution is 6.31. The van der Waals surface area contributed by atoms with Gasteiger partial charge in [0.2, 0.25) is 0 Å². The van der Waals surface area contributed by atoms with E-state index in [1.165, 1.54) is 50.6 Å². The Morgan fingerprint density at radius 3 is 2.60 bits per heavy atom. The van der Waals surface area contributed by atoms with Gasteiger partial charge < -0.3 is 14.2 Å². The number of methoxy groups -OCH3 is 1. The maximum atomic E-state index is 13.5. The third kappa shape index (κ3) is 6.09. The second-order valence-corrected chi connectivity index (χ2v) is 8.87. The Bertz CT molecular complexity index is 1650. The fraction of sp³-hybridized carbons (Fsp3) is 0.214. The standard InChI is InChI=1S/C28H23ClF3N3O5/c1-4-39-27(37)16(2)40-24-18(13-20(29)14-23(24)38-3)15-33-35-25(17-8-7-9-19(12-17)28(30,31)32)34-22-11-6-5-10-21(22)26(35)36/h5-16H,4H2,1-3H3/t16-/m1/s1. The van der Waals surface area contributed by atoms with Crippen molar-refractivity contribution in [3.63, 3.8) is 0 Å². The van der Waals surface area contributed by atoms with Crippen molar-refractivity contribution in [3.8, 4) is 22.9 Å². The number of alkyl halides is 3. The predicted octanol–water partition coefficient (Wildman–Crippen LogP) is 5.96. The summed E-state index contributed by atoms with van der Waals surface area (Å²) in [6, 6.07) is 13.8. The fourth-order valence-electron chi connectivity index (χ4n) is 3.82. The lowest BCUT2D eigenvalue weighted by Gasteiger charge is -2.18. The van der Waals surface area contributed by atoms with Crippen LogP contribution in [0.15, 0.2) is 70.6 Å². The van der Waals surface area contributed by atoms with Crippen LogP contribution in [-0.2, 0) is 15.7 Å². The summed E-state index contributed by atoms with van der Waals surface area (Å²) in [5.74, 6) is -0.489. The summed E-state index contributed by atoms with van der Waals surface area (Å²) in [4.78, 5) is 30.1. The average molecular weight is 574 g/mol. The first-order valence-corrected chi connectivity index (χ1v) is 12.4. The van der Waals surface area contributed by atoms with Crippen molar-refractivity contribution in [3.05, 3.63) is 87.2 Å². The summed E-state index contributed by atoms with van der Waals surface area (Å²) in [5, 5.41) is 4.72. The molecule has 0 aliphatic carbocycles. The zero-order valence-electron chi connectivity index (χ0n) is 21.5. The molecule has 40 heavy (non-hydrogen) atoms. The van der Waals surface area contributed by atoms with Gasteiger partial charge in [0.15, 0.2) is 23.4 Å². The minimum absolute atomic E-state index is 0.0194. The van der Waals surface area contributed by atoms with Crippen LogP contribution in [0, 0.1) is 0 Å². The quantitative estimate of drug-likeness (QED) is 0.191. The van der Waals surface area contributed by atoms with Gasteiger partial charge in [0.1, 0.15) is 0 Å². The van der Waals surface area contributed by atoms with Crippen molar-refractivity contribution in [2.75, 3.05) is 13.7 Å². The van der Waals surface area contributed by atoms with Crippen molar-refractivity contribution in [2.45, 2.75) is 26.1 Å². The van der Waals surface area contributed by atoms with E-state index in [-0.39, 0.29) is 51.0 Å². The lowest BCUT2D eigenvalue weighted by molar-refractivity contribution is -0.150. The summed E-state index contributed by atoms with van der Waals surface area (Å²) in [6.07, 6.45) is -4.43. The minimum Gasteiger partial charge on any atom is -0.493 e. The SMILES string of the molecule is CCOC(=O)[C@@H](C)Oc1c(C=Nn2c(-c3cccc(C(F)(F)F)c3)nc3ccccc3c2=O)cc(Cl)cc1OC. The van der Waals surface area contributed by atoms with E-state index < -0.39 is 29.4 Å². The molecule has 0 N–H and O–H groups in total. The molecule has 0 saturated heterocycles. The molecule has 0 radical (unpaired) electrons. The van der Waals surface area contributed by atoms with Gasteiger partial charge in [-0.25, -0.2) is 9.78 Å². The third-order valence-corrected chi connectivity index (χ3v) is 5.91. The number of carbonyl (C=O) groups excluding carboxylic acids is 1. The van der Waals surface area contributed by atoms with Crippen LogP contribution in [-0.4, -0.2) is 41.7 Å². The summed E-state index contributed by atoms with van der Waals surface area (Å²) in [5.41, 5.74) is -1.01. The van der Waals surface area contributed by atoms with Gasteiger partial charge in [0.05, 0.1) is 36.4 Å². The van der Waals surface area contributed by atoms with E-state index in [1.807, 2.05) is 0 Å². The van der Waals surface area contributed by atoms with Crippen molar-refractivity contribution in [1.82, 2.24) is 9.66 Å². The highest BCUT2D eigenvalue weighted by Gasteiger charge is 2.31. The fourth-order valence-corrected chi connectivity index (χ4v) is 4.04. The molecule has 0 saturated carbocycles. The summed E-state index contributed by atoms with van der Waals surface area (Å²) in [6.45, 7) is 3.29. The molecule has 4 aromatic rings. The number of fused-ring (bicyclic) bond motifs is 1. The zero-order valence-corrected chi connectivity index (χ0v) is 22.3. The number of para-hydroxylation sites is 1. The first kappa shape index (κ1) is 28.6. The number of halogens is 4. The number of esters is 1. The van der Waals surface area contributed by atoms with Gasteiger partial charge in [-0.2, -0.15) is 22.9 Å². The predicted molar refractivity (Wildman–Crippen MR) is 144 cm³/mol. The molecule has 0 bridgehead atoms. The number of ether oxygens (including phenoxy) is 3. The molecule has 0 aliphatic heterocycles. The molecule has 12 heteroatoms. The van der Waals surface area contributed by atoms with Crippen molar-refractivity contribution < 1.29 is 32.2 Å². The number of aromatic nitrogens is 2. The number of hydrogen-bond donors (Lipinski definition) is 0. The van der Waals surface area contributed by atoms with Crippen LogP contribution in [0.3, 0.4) is 0 Å². The molecular formula is C28H23ClF3N3O5. The normalized spacial score (nSPS) is 12.5. The third-order valence-electron chi connectivity index (χ3n) is 5.70. The van der Waals surface area contributed by atoms with E-state index in [9.17, 15) is 22.8 Å². The lowest BCUT2D eigenvalue weighted by Crippen LogP contribution is -2.26. The Balaban J connectivity index is 1.90. The maximum absolute atomic E-state index is 13.5. The Morgan fingerprint density at radius 1 is 1.15 bits per heavy atom. The van der Waals surface area contributed by atoms with Crippen LogP contribution >= 0.6 is 11.6 Å². The largest absolute Gasteiger partial charge is 0.493 e. The molecule has 0 unspecified atom stereocenters. The van der Waals surface area contributed by atoms with Crippen LogP contribution in [0.25, 0.3) is 22.3 Å². The van der Waals surface area contributed by atoms with E-state index in [0.29, 0.717) is 0 Å². The van der Waals surface area contributed by atoms with Gasteiger partial charge in [0.25, 0.3) is 5.56 Å². The Morgan fingerprint density at radius 2 is 1.90 bits per heavy atom. The molecule has 3 aromatic carbocycles. The highest BCUT2D eigenvalue weighted by atomic mass is 35.5. The number of hydrogen-bond acceptors (Lipinski definition) is 7. The number of benzene rings is 3. The molecule has 4 rings (SSSR count). The molecule has 0 aliphatic rings. The van der Waals surface area contributed by atoms with Gasteiger partial charge in [-0.15, -0.1) is 0 Å². The molecule has 1 aromatic heterocycles. The van der Waals surface area contributed by atoms with E-state index in [1.54, 1.807) is 25.1 Å². The second-order valence-electron chi connectivity index (χ2n) is 8.43. The van der Waals surface area contributed by atoms with Crippen LogP contribution in [0.1, 0.15) is 25.0 Å². The molecule has 208 valence electrons. The molecule has 0 amide bonds. The topological polar surface area (TPSA) is 92.0 Å². The number of rotatable bonds is 8. The first-order valence-electron chi connectivity index (χ1n) is 12.0. The van der Waals surface area contributed by atoms with E-state index in [2.05, 4.69) is 10.1 Å².